The average molecular weight is 690 g/mol. The molecule has 0 saturated carbocycles. The van der Waals surface area contributed by atoms with Crippen LogP contribution < -0.4 is 0 Å². The zero-order valence-corrected chi connectivity index (χ0v) is 28.1. The Kier molecular flexibility index (Phi) is 20.5. The Labute approximate surface area is 258 Å². The summed E-state index contributed by atoms with van der Waals surface area (Å²) in [6.45, 7) is 3.94. The third-order valence-corrected chi connectivity index (χ3v) is 15.3. The molecule has 1 heterocycles. The van der Waals surface area contributed by atoms with Crippen LogP contribution in [0.4, 0.5) is 0 Å². The van der Waals surface area contributed by atoms with Crippen LogP contribution in [-0.2, 0) is 69.3 Å². The van der Waals surface area contributed by atoms with Gasteiger partial charge in [0.05, 0.1) is 18.1 Å². The zero-order chi connectivity index (χ0) is 29.6. The molecule has 0 saturated heterocycles. The number of aromatic nitrogens is 1. The Morgan fingerprint density at radius 3 is 2.12 bits per heavy atom. The number of hydrogen-bond donors (Lipinski definition) is 0. The van der Waals surface area contributed by atoms with Crippen LogP contribution in [0.1, 0.15) is 46.8 Å². The van der Waals surface area contributed by atoms with Crippen LogP contribution >= 0.6 is 25.4 Å². The summed E-state index contributed by atoms with van der Waals surface area (Å²) in [4.78, 5) is 50.3. The first-order chi connectivity index (χ1) is 19.4. The number of benzene rings is 2. The van der Waals surface area contributed by atoms with Gasteiger partial charge in [0.2, 0.25) is 10.8 Å². The minimum atomic E-state index is -0.867. The maximum absolute atomic E-state index is 11.6. The molecule has 0 unspecified atom stereocenters. The third-order valence-electron chi connectivity index (χ3n) is 4.32. The molecule has 212 valence electrons. The van der Waals surface area contributed by atoms with Crippen molar-refractivity contribution in [3.05, 3.63) is 77.4 Å². The van der Waals surface area contributed by atoms with Crippen LogP contribution in [0.2, 0.25) is 0 Å². The first kappa shape index (κ1) is 36.1. The highest BCUT2D eigenvalue weighted by Gasteiger charge is 2.16. The standard InChI is InChI=1S/C13H14O4.C12H11NO2S.P2S5/c1-2-17-13(16)12(15)9-8-11(14)10-6-4-3-5-7-10;1-2-15-12(14)11-13-8-10(16-11)9-6-4-3-5-7-9;3-1-2-5-7-6-4/h3-7H,2,8-9H2,1H3;3-8H,2H2,1H3;. The smallest absolute Gasteiger partial charge is 0.374 e. The fourth-order valence-electron chi connectivity index (χ4n) is 2.65. The Bertz CT molecular complexity index is 1400. The lowest BCUT2D eigenvalue weighted by atomic mass is 10.1. The van der Waals surface area contributed by atoms with Crippen LogP contribution in [0, 0.1) is 0 Å². The molecular weight excluding hydrogens is 665 g/mol. The highest BCUT2D eigenvalue weighted by atomic mass is 33.3. The van der Waals surface area contributed by atoms with Crippen molar-refractivity contribution in [3.63, 3.8) is 0 Å². The van der Waals surface area contributed by atoms with E-state index in [2.05, 4.69) is 32.7 Å². The van der Waals surface area contributed by atoms with Crippen molar-refractivity contribution in [2.75, 3.05) is 13.2 Å². The monoisotopic (exact) mass is 689 g/mol. The number of ether oxygens (including phenoxy) is 2. The summed E-state index contributed by atoms with van der Waals surface area (Å²) in [6, 6.07) is 18.5. The molecule has 0 aliphatic rings. The first-order valence-electron chi connectivity index (χ1n) is 11.5. The zero-order valence-electron chi connectivity index (χ0n) is 21.4. The minimum Gasteiger partial charge on any atom is -0.461 e. The fourth-order valence-corrected chi connectivity index (χ4v) is 13.1. The maximum Gasteiger partial charge on any atom is 0.374 e. The Hall–Kier alpha value is -1.95. The van der Waals surface area contributed by atoms with Gasteiger partial charge in [-0.2, -0.15) is 0 Å². The summed E-state index contributed by atoms with van der Waals surface area (Å²) in [5.41, 5.74) is 1.61. The van der Waals surface area contributed by atoms with Crippen LogP contribution in [0.25, 0.3) is 10.4 Å². The quantitative estimate of drug-likeness (QED) is 0.103. The van der Waals surface area contributed by atoms with E-state index in [1.165, 1.54) is 27.3 Å². The molecule has 3 rings (SSSR count). The van der Waals surface area contributed by atoms with E-state index >= 15 is 0 Å². The molecule has 0 aliphatic carbocycles. The summed E-state index contributed by atoms with van der Waals surface area (Å²) < 4.78 is 9.43. The predicted molar refractivity (Wildman–Crippen MR) is 176 cm³/mol. The molecule has 2 aromatic carbocycles. The van der Waals surface area contributed by atoms with Crippen LogP contribution in [0.3, 0.4) is 0 Å². The van der Waals surface area contributed by atoms with Gasteiger partial charge in [-0.25, -0.2) is 14.6 Å². The van der Waals surface area contributed by atoms with E-state index in [-0.39, 0.29) is 31.2 Å². The fraction of sp³-hybridized carbons (Fsp3) is 0.240. The molecule has 0 spiro atoms. The van der Waals surface area contributed by atoms with Crippen molar-refractivity contribution in [1.82, 2.24) is 4.98 Å². The van der Waals surface area contributed by atoms with Gasteiger partial charge < -0.3 is 9.47 Å². The predicted octanol–water partition coefficient (Wildman–Crippen LogP) is 6.48. The topological polar surface area (TPSA) is 99.6 Å². The molecule has 0 atom stereocenters. The van der Waals surface area contributed by atoms with Crippen LogP contribution in [0.15, 0.2) is 66.9 Å². The van der Waals surface area contributed by atoms with Gasteiger partial charge in [-0.05, 0) is 69.7 Å². The van der Waals surface area contributed by atoms with Gasteiger partial charge in [0.15, 0.2) is 5.78 Å². The molecule has 15 heteroatoms. The van der Waals surface area contributed by atoms with Crippen molar-refractivity contribution in [3.8, 4) is 10.4 Å². The SMILES string of the molecule is CCOC(=O)C(=O)CCC(=O)c1ccccc1.CCOC(=O)c1ncc(-c2ccccc2)s1.S=PP=S=S=S=S. The normalized spacial score (nSPS) is 9.65. The first-order valence-corrected chi connectivity index (χ1v) is 20.8. The lowest BCUT2D eigenvalue weighted by Crippen LogP contribution is -2.18. The van der Waals surface area contributed by atoms with E-state index in [0.29, 0.717) is 17.2 Å². The van der Waals surface area contributed by atoms with Crippen molar-refractivity contribution in [2.45, 2.75) is 26.7 Å². The number of hydrogen-bond acceptors (Lipinski definition) is 10. The largest absolute Gasteiger partial charge is 0.461 e. The number of nitrogens with zero attached hydrogens (tertiary/aromatic N) is 1. The minimum absolute atomic E-state index is 0.0294. The molecule has 0 fully saturated rings. The van der Waals surface area contributed by atoms with Crippen molar-refractivity contribution in [1.29, 1.82) is 0 Å². The average Bonchev–Trinajstić information content (AvgIpc) is 3.49. The lowest BCUT2D eigenvalue weighted by Gasteiger charge is -2.01. The number of carbonyl (C=O) groups excluding carboxylic acids is 4. The molecule has 3 aromatic rings. The summed E-state index contributed by atoms with van der Waals surface area (Å²) >= 11 is 10.6. The number of carbonyl (C=O) groups is 4. The van der Waals surface area contributed by atoms with Gasteiger partial charge >= 0.3 is 11.9 Å². The number of ketones is 2. The maximum atomic E-state index is 11.6. The molecule has 0 bridgehead atoms. The van der Waals surface area contributed by atoms with E-state index in [1.54, 1.807) is 68.8 Å². The van der Waals surface area contributed by atoms with E-state index in [0.717, 1.165) is 17.5 Å². The molecule has 40 heavy (non-hydrogen) atoms. The van der Waals surface area contributed by atoms with Gasteiger partial charge in [0.25, 0.3) is 0 Å². The highest BCUT2D eigenvalue weighted by Crippen LogP contribution is 2.26. The van der Waals surface area contributed by atoms with Gasteiger partial charge in [-0.15, -0.1) is 11.3 Å². The summed E-state index contributed by atoms with van der Waals surface area (Å²) in [6.07, 6.45) is 1.63. The second-order valence-electron chi connectivity index (χ2n) is 6.92. The van der Waals surface area contributed by atoms with Crippen molar-refractivity contribution in [2.24, 2.45) is 0 Å². The Morgan fingerprint density at radius 1 is 0.925 bits per heavy atom. The number of Topliss-reactive ketones (excluding diaryl/α,β-unsaturated/α-hetero) is 2. The molecule has 0 amide bonds. The van der Waals surface area contributed by atoms with E-state index in [9.17, 15) is 19.2 Å². The van der Waals surface area contributed by atoms with E-state index < -0.39 is 11.8 Å². The Morgan fingerprint density at radius 2 is 1.55 bits per heavy atom. The Balaban J connectivity index is 0.000000326. The third kappa shape index (κ3) is 15.2. The molecule has 0 aliphatic heterocycles. The van der Waals surface area contributed by atoms with Gasteiger partial charge in [-0.1, -0.05) is 60.7 Å². The molecule has 0 N–H and O–H groups in total. The van der Waals surface area contributed by atoms with E-state index in [1.807, 2.05) is 30.3 Å². The lowest BCUT2D eigenvalue weighted by molar-refractivity contribution is -0.153. The highest BCUT2D eigenvalue weighted by molar-refractivity contribution is 8.63. The van der Waals surface area contributed by atoms with E-state index in [4.69, 9.17) is 4.74 Å². The number of esters is 2. The van der Waals surface area contributed by atoms with Crippen LogP contribution in [-0.4, -0.2) is 41.7 Å². The molecular formula is C25H25NO6P2S6. The van der Waals surface area contributed by atoms with Gasteiger partial charge in [-0.3, -0.25) is 9.59 Å². The second kappa shape index (κ2) is 22.7. The molecule has 1 aromatic heterocycles. The van der Waals surface area contributed by atoms with Gasteiger partial charge in [0, 0.05) is 38.7 Å². The summed E-state index contributed by atoms with van der Waals surface area (Å²) in [5, 5.41) is 0.403. The summed E-state index contributed by atoms with van der Waals surface area (Å²) in [5.74, 6) is -2.03. The molecule has 7 nitrogen and oxygen atoms in total. The van der Waals surface area contributed by atoms with Crippen molar-refractivity contribution < 1.29 is 28.7 Å². The molecule has 0 radical (unpaired) electrons. The summed E-state index contributed by atoms with van der Waals surface area (Å²) in [7, 11) is 6.83. The number of rotatable bonds is 10. The number of thiazole rings is 1. The second-order valence-corrected chi connectivity index (χ2v) is 17.7. The van der Waals surface area contributed by atoms with Crippen molar-refractivity contribution >= 4 is 99.2 Å². The van der Waals surface area contributed by atoms with Gasteiger partial charge in [0.1, 0.15) is 0 Å². The van der Waals surface area contributed by atoms with Crippen LogP contribution in [0.5, 0.6) is 0 Å².